The summed E-state index contributed by atoms with van der Waals surface area (Å²) in [7, 11) is 0. The zero-order chi connectivity index (χ0) is 9.14. The van der Waals surface area contributed by atoms with Gasteiger partial charge in [-0.05, 0) is 0 Å². The van der Waals surface area contributed by atoms with Gasteiger partial charge in [-0.1, -0.05) is 0 Å². The van der Waals surface area contributed by atoms with Crippen LogP contribution in [-0.2, 0) is 0 Å². The summed E-state index contributed by atoms with van der Waals surface area (Å²) in [6, 6.07) is 0. The minimum atomic E-state index is -1.08. The summed E-state index contributed by atoms with van der Waals surface area (Å²) in [5.74, 6) is 0.245. The van der Waals surface area contributed by atoms with Crippen molar-refractivity contribution in [2.75, 3.05) is 12.3 Å². The molecule has 2 atom stereocenters. The lowest BCUT2D eigenvalue weighted by Gasteiger charge is -2.14. The third-order valence-electron chi connectivity index (χ3n) is 1.62. The van der Waals surface area contributed by atoms with Crippen LogP contribution in [0.4, 0.5) is 5.82 Å². The largest absolute Gasteiger partial charge is 0.389 e. The van der Waals surface area contributed by atoms with Gasteiger partial charge in [0.15, 0.2) is 0 Å². The van der Waals surface area contributed by atoms with E-state index >= 15 is 0 Å². The first-order chi connectivity index (χ1) is 5.66. The van der Waals surface area contributed by atoms with Gasteiger partial charge in [-0.25, -0.2) is 0 Å². The number of aliphatic hydroxyl groups is 2. The van der Waals surface area contributed by atoms with Gasteiger partial charge in [0, 0.05) is 12.1 Å². The lowest BCUT2D eigenvalue weighted by atomic mass is 10.1. The Morgan fingerprint density at radius 3 is 2.67 bits per heavy atom. The molecule has 6 heteroatoms. The van der Waals surface area contributed by atoms with Crippen LogP contribution in [0.25, 0.3) is 0 Å². The molecular weight excluding hydrogens is 160 g/mol. The van der Waals surface area contributed by atoms with Gasteiger partial charge in [0.05, 0.1) is 12.3 Å². The third-order valence-corrected chi connectivity index (χ3v) is 1.62. The Balaban J connectivity index is 2.77. The average molecular weight is 172 g/mol. The monoisotopic (exact) mass is 172 g/mol. The lowest BCUT2D eigenvalue weighted by molar-refractivity contribution is 0.0248. The highest BCUT2D eigenvalue weighted by Crippen LogP contribution is 2.19. The second kappa shape index (κ2) is 3.53. The number of aliphatic hydroxyl groups excluding tert-OH is 2. The Morgan fingerprint density at radius 2 is 2.25 bits per heavy atom. The van der Waals surface area contributed by atoms with Crippen molar-refractivity contribution in [2.45, 2.75) is 12.2 Å². The second-order valence-corrected chi connectivity index (χ2v) is 2.49. The van der Waals surface area contributed by atoms with E-state index in [4.69, 9.17) is 16.6 Å². The van der Waals surface area contributed by atoms with Crippen molar-refractivity contribution >= 4 is 5.82 Å². The number of nitrogens with two attached hydrogens (primary N) is 2. The number of hydrogen-bond acceptors (Lipinski definition) is 5. The predicted octanol–water partition coefficient (Wildman–Crippen LogP) is -1.66. The standard InChI is InChI=1S/C6H12N4O2/c7-1-4(11)5(12)3-2-9-10-6(3)8/h2,4-5,11-12H,1,7H2,(H3,8,9,10). The number of H-pyrrole nitrogens is 1. The quantitative estimate of drug-likeness (QED) is 0.374. The summed E-state index contributed by atoms with van der Waals surface area (Å²) >= 11 is 0. The summed E-state index contributed by atoms with van der Waals surface area (Å²) in [5.41, 5.74) is 10.9. The fourth-order valence-electron chi connectivity index (χ4n) is 0.877. The van der Waals surface area contributed by atoms with E-state index in [2.05, 4.69) is 10.2 Å². The molecule has 1 aromatic heterocycles. The smallest absolute Gasteiger partial charge is 0.124 e. The first-order valence-corrected chi connectivity index (χ1v) is 3.51. The van der Waals surface area contributed by atoms with Gasteiger partial charge < -0.3 is 21.7 Å². The molecule has 0 aliphatic rings. The fraction of sp³-hybridized carbons (Fsp3) is 0.500. The molecule has 1 aromatic rings. The zero-order valence-electron chi connectivity index (χ0n) is 6.44. The molecular formula is C6H12N4O2. The van der Waals surface area contributed by atoms with Crippen LogP contribution in [0.15, 0.2) is 6.20 Å². The minimum absolute atomic E-state index is 0.0220. The molecule has 0 radical (unpaired) electrons. The molecule has 0 aliphatic heterocycles. The Kier molecular flexibility index (Phi) is 2.64. The van der Waals surface area contributed by atoms with E-state index in [0.717, 1.165) is 0 Å². The van der Waals surface area contributed by atoms with Crippen LogP contribution >= 0.6 is 0 Å². The third kappa shape index (κ3) is 1.55. The lowest BCUT2D eigenvalue weighted by Crippen LogP contribution is -2.27. The molecule has 0 spiro atoms. The molecule has 0 aliphatic carbocycles. The fourth-order valence-corrected chi connectivity index (χ4v) is 0.877. The van der Waals surface area contributed by atoms with Gasteiger partial charge in [0.1, 0.15) is 11.9 Å². The van der Waals surface area contributed by atoms with Gasteiger partial charge in [-0.2, -0.15) is 5.10 Å². The van der Waals surface area contributed by atoms with Gasteiger partial charge in [-0.3, -0.25) is 5.10 Å². The SMILES string of the molecule is NCC(O)C(O)c1cn[nH]c1N. The maximum atomic E-state index is 9.39. The number of hydrogen-bond donors (Lipinski definition) is 5. The average Bonchev–Trinajstić information content (AvgIpc) is 2.48. The zero-order valence-corrected chi connectivity index (χ0v) is 6.44. The van der Waals surface area contributed by atoms with Crippen molar-refractivity contribution in [3.63, 3.8) is 0 Å². The summed E-state index contributed by atoms with van der Waals surface area (Å²) in [5, 5.41) is 24.6. The van der Waals surface area contributed by atoms with Crippen LogP contribution in [-0.4, -0.2) is 33.1 Å². The van der Waals surface area contributed by atoms with Crippen LogP contribution < -0.4 is 11.5 Å². The van der Waals surface area contributed by atoms with Gasteiger partial charge in [-0.15, -0.1) is 0 Å². The highest BCUT2D eigenvalue weighted by molar-refractivity contribution is 5.38. The van der Waals surface area contributed by atoms with Gasteiger partial charge in [0.25, 0.3) is 0 Å². The normalized spacial score (nSPS) is 15.9. The maximum absolute atomic E-state index is 9.39. The Morgan fingerprint density at radius 1 is 1.58 bits per heavy atom. The van der Waals surface area contributed by atoms with Crippen LogP contribution in [0.1, 0.15) is 11.7 Å². The van der Waals surface area contributed by atoms with Crippen molar-refractivity contribution in [1.29, 1.82) is 0 Å². The molecule has 1 heterocycles. The van der Waals surface area contributed by atoms with E-state index in [1.165, 1.54) is 6.20 Å². The molecule has 6 nitrogen and oxygen atoms in total. The second-order valence-electron chi connectivity index (χ2n) is 2.49. The molecule has 0 amide bonds. The number of aromatic nitrogens is 2. The van der Waals surface area contributed by atoms with Crippen molar-refractivity contribution in [3.05, 3.63) is 11.8 Å². The number of anilines is 1. The van der Waals surface area contributed by atoms with Gasteiger partial charge in [0.2, 0.25) is 0 Å². The van der Waals surface area contributed by atoms with Crippen LogP contribution in [0, 0.1) is 0 Å². The topological polar surface area (TPSA) is 121 Å². The molecule has 7 N–H and O–H groups in total. The summed E-state index contributed by atoms with van der Waals surface area (Å²) in [6.45, 7) is -0.0220. The van der Waals surface area contributed by atoms with Crippen molar-refractivity contribution in [3.8, 4) is 0 Å². The summed E-state index contributed by atoms with van der Waals surface area (Å²) < 4.78 is 0. The highest BCUT2D eigenvalue weighted by Gasteiger charge is 2.20. The van der Waals surface area contributed by atoms with E-state index in [0.29, 0.717) is 5.56 Å². The molecule has 0 saturated carbocycles. The Bertz CT molecular complexity index is 249. The van der Waals surface area contributed by atoms with Crippen molar-refractivity contribution in [2.24, 2.45) is 5.73 Å². The molecule has 12 heavy (non-hydrogen) atoms. The summed E-state index contributed by atoms with van der Waals surface area (Å²) in [4.78, 5) is 0. The van der Waals surface area contributed by atoms with E-state index in [9.17, 15) is 5.11 Å². The number of aromatic amines is 1. The molecule has 0 saturated heterocycles. The molecule has 0 bridgehead atoms. The summed E-state index contributed by atoms with van der Waals surface area (Å²) in [6.07, 6.45) is -0.725. The number of nitrogen functional groups attached to an aromatic ring is 1. The van der Waals surface area contributed by atoms with Crippen molar-refractivity contribution in [1.82, 2.24) is 10.2 Å². The van der Waals surface area contributed by atoms with E-state index < -0.39 is 12.2 Å². The van der Waals surface area contributed by atoms with E-state index in [-0.39, 0.29) is 12.4 Å². The molecule has 0 fully saturated rings. The minimum Gasteiger partial charge on any atom is -0.389 e. The number of nitrogens with zero attached hydrogens (tertiary/aromatic N) is 1. The first-order valence-electron chi connectivity index (χ1n) is 3.51. The Hall–Kier alpha value is -1.11. The van der Waals surface area contributed by atoms with E-state index in [1.54, 1.807) is 0 Å². The molecule has 2 unspecified atom stereocenters. The number of nitrogens with one attached hydrogen (secondary N) is 1. The number of rotatable bonds is 3. The maximum Gasteiger partial charge on any atom is 0.124 e. The van der Waals surface area contributed by atoms with E-state index in [1.807, 2.05) is 0 Å². The van der Waals surface area contributed by atoms with Crippen molar-refractivity contribution < 1.29 is 10.2 Å². The van der Waals surface area contributed by atoms with Gasteiger partial charge >= 0.3 is 0 Å². The van der Waals surface area contributed by atoms with Crippen LogP contribution in [0.2, 0.25) is 0 Å². The molecule has 1 rings (SSSR count). The highest BCUT2D eigenvalue weighted by atomic mass is 16.3. The molecule has 68 valence electrons. The molecule has 0 aromatic carbocycles. The first kappa shape index (κ1) is 8.98. The van der Waals surface area contributed by atoms with Crippen LogP contribution in [0.5, 0.6) is 0 Å². The predicted molar refractivity (Wildman–Crippen MR) is 43.0 cm³/mol. The van der Waals surface area contributed by atoms with Crippen LogP contribution in [0.3, 0.4) is 0 Å². The Labute approximate surface area is 69.2 Å².